The molecule has 0 amide bonds. The highest BCUT2D eigenvalue weighted by Gasteiger charge is 2.21. The first kappa shape index (κ1) is 27.5. The zero-order valence-electron chi connectivity index (χ0n) is 19.9. The number of esters is 1. The standard InChI is InChI=1S/C25H38FNO5/c1-5-6-7-8-9-10-11-12-13-14-15-16-17-21-18-22(26)23(27-21)24(28)31-20(4)32-25(29)30-19(2)3/h18-20,27H,5-15H2,1-4H3. The lowest BCUT2D eigenvalue weighted by atomic mass is 10.1. The minimum Gasteiger partial charge on any atom is -0.431 e. The van der Waals surface area contributed by atoms with Gasteiger partial charge in [-0.05, 0) is 26.2 Å². The van der Waals surface area contributed by atoms with Gasteiger partial charge in [-0.2, -0.15) is 0 Å². The molecular formula is C25H38FNO5. The van der Waals surface area contributed by atoms with E-state index in [1.165, 1.54) is 58.3 Å². The molecule has 0 fully saturated rings. The predicted molar refractivity (Wildman–Crippen MR) is 122 cm³/mol. The van der Waals surface area contributed by atoms with Gasteiger partial charge in [0.1, 0.15) is 0 Å². The Morgan fingerprint density at radius 1 is 0.938 bits per heavy atom. The number of H-pyrrole nitrogens is 1. The minimum absolute atomic E-state index is 0.300. The highest BCUT2D eigenvalue weighted by molar-refractivity contribution is 5.88. The van der Waals surface area contributed by atoms with E-state index in [4.69, 9.17) is 14.2 Å². The normalized spacial score (nSPS) is 11.6. The molecule has 1 aromatic heterocycles. The number of unbranched alkanes of at least 4 members (excludes halogenated alkanes) is 10. The van der Waals surface area contributed by atoms with Crippen LogP contribution in [-0.2, 0) is 14.2 Å². The summed E-state index contributed by atoms with van der Waals surface area (Å²) in [6.07, 6.45) is 10.7. The number of aromatic nitrogens is 1. The zero-order chi connectivity index (χ0) is 23.8. The van der Waals surface area contributed by atoms with Gasteiger partial charge >= 0.3 is 12.1 Å². The number of ether oxygens (including phenoxy) is 3. The van der Waals surface area contributed by atoms with E-state index in [1.54, 1.807) is 13.8 Å². The minimum atomic E-state index is -1.22. The number of rotatable bonds is 14. The Bertz CT molecular complexity index is 747. The van der Waals surface area contributed by atoms with Crippen molar-refractivity contribution < 1.29 is 28.2 Å². The molecule has 0 saturated carbocycles. The summed E-state index contributed by atoms with van der Waals surface area (Å²) in [5.74, 6) is 4.10. The third-order valence-corrected chi connectivity index (χ3v) is 4.72. The van der Waals surface area contributed by atoms with E-state index in [9.17, 15) is 14.0 Å². The lowest BCUT2D eigenvalue weighted by molar-refractivity contribution is -0.0870. The summed E-state index contributed by atoms with van der Waals surface area (Å²) in [4.78, 5) is 26.1. The second-order valence-electron chi connectivity index (χ2n) is 8.15. The summed E-state index contributed by atoms with van der Waals surface area (Å²) >= 11 is 0. The van der Waals surface area contributed by atoms with E-state index in [2.05, 4.69) is 23.7 Å². The van der Waals surface area contributed by atoms with Crippen LogP contribution in [0.25, 0.3) is 0 Å². The number of carbonyl (C=O) groups excluding carboxylic acids is 2. The largest absolute Gasteiger partial charge is 0.511 e. The Kier molecular flexibility index (Phi) is 13.9. The number of aromatic amines is 1. The van der Waals surface area contributed by atoms with E-state index in [1.807, 2.05) is 0 Å². The fourth-order valence-electron chi connectivity index (χ4n) is 3.09. The molecule has 0 radical (unpaired) electrons. The van der Waals surface area contributed by atoms with E-state index < -0.39 is 24.2 Å². The molecule has 32 heavy (non-hydrogen) atoms. The molecule has 180 valence electrons. The Hall–Kier alpha value is -2.49. The summed E-state index contributed by atoms with van der Waals surface area (Å²) in [6, 6.07) is 1.15. The fraction of sp³-hybridized carbons (Fsp3) is 0.680. The quantitative estimate of drug-likeness (QED) is 0.144. The van der Waals surface area contributed by atoms with Crippen LogP contribution in [0.15, 0.2) is 6.07 Å². The van der Waals surface area contributed by atoms with Crippen molar-refractivity contribution in [1.82, 2.24) is 4.98 Å². The summed E-state index contributed by atoms with van der Waals surface area (Å²) in [7, 11) is 0. The topological polar surface area (TPSA) is 77.6 Å². The van der Waals surface area contributed by atoms with Crippen molar-refractivity contribution in [3.05, 3.63) is 23.3 Å². The molecule has 1 aromatic rings. The summed E-state index contributed by atoms with van der Waals surface area (Å²) in [6.45, 7) is 6.89. The van der Waals surface area contributed by atoms with Crippen LogP contribution in [0.5, 0.6) is 0 Å². The van der Waals surface area contributed by atoms with Gasteiger partial charge in [-0.1, -0.05) is 70.6 Å². The molecule has 0 spiro atoms. The van der Waals surface area contributed by atoms with Gasteiger partial charge in [0.15, 0.2) is 11.5 Å². The highest BCUT2D eigenvalue weighted by atomic mass is 19.1. The van der Waals surface area contributed by atoms with Crippen LogP contribution in [0.1, 0.15) is 115 Å². The molecule has 0 saturated heterocycles. The number of halogens is 1. The van der Waals surface area contributed by atoms with Gasteiger partial charge in [-0.25, -0.2) is 14.0 Å². The van der Waals surface area contributed by atoms with Crippen LogP contribution in [0.3, 0.4) is 0 Å². The Morgan fingerprint density at radius 2 is 1.53 bits per heavy atom. The first-order valence-electron chi connectivity index (χ1n) is 11.8. The molecule has 1 atom stereocenters. The molecule has 1 N–H and O–H groups in total. The van der Waals surface area contributed by atoms with E-state index in [0.29, 0.717) is 5.69 Å². The highest BCUT2D eigenvalue weighted by Crippen LogP contribution is 2.13. The molecule has 0 aliphatic carbocycles. The molecule has 0 aliphatic rings. The second kappa shape index (κ2) is 16.2. The summed E-state index contributed by atoms with van der Waals surface area (Å²) < 4.78 is 28.6. The van der Waals surface area contributed by atoms with Crippen molar-refractivity contribution in [2.75, 3.05) is 0 Å². The fourth-order valence-corrected chi connectivity index (χ4v) is 3.09. The van der Waals surface area contributed by atoms with Crippen molar-refractivity contribution in [3.8, 4) is 11.8 Å². The summed E-state index contributed by atoms with van der Waals surface area (Å²) in [5.41, 5.74) is -0.0600. The number of hydrogen-bond donors (Lipinski definition) is 1. The summed E-state index contributed by atoms with van der Waals surface area (Å²) in [5, 5.41) is 0. The smallest absolute Gasteiger partial charge is 0.431 e. The van der Waals surface area contributed by atoms with Crippen molar-refractivity contribution in [3.63, 3.8) is 0 Å². The average Bonchev–Trinajstić information content (AvgIpc) is 3.08. The molecule has 0 bridgehead atoms. The maximum absolute atomic E-state index is 14.1. The van der Waals surface area contributed by atoms with Gasteiger partial charge in [0.05, 0.1) is 11.8 Å². The van der Waals surface area contributed by atoms with Gasteiger partial charge < -0.3 is 19.2 Å². The monoisotopic (exact) mass is 451 g/mol. The molecule has 6 nitrogen and oxygen atoms in total. The molecule has 1 unspecified atom stereocenters. The van der Waals surface area contributed by atoms with Gasteiger partial charge in [-0.15, -0.1) is 0 Å². The maximum Gasteiger partial charge on any atom is 0.511 e. The van der Waals surface area contributed by atoms with Crippen LogP contribution >= 0.6 is 0 Å². The molecular weight excluding hydrogens is 413 g/mol. The first-order valence-corrected chi connectivity index (χ1v) is 11.8. The number of carbonyl (C=O) groups is 2. The lowest BCUT2D eigenvalue weighted by Gasteiger charge is -2.14. The SMILES string of the molecule is CCCCCCCCCCCCC#Cc1cc(F)c(C(=O)OC(C)OC(=O)OC(C)C)[nH]1. The predicted octanol–water partition coefficient (Wildman–Crippen LogP) is 6.88. The van der Waals surface area contributed by atoms with Crippen molar-refractivity contribution in [2.24, 2.45) is 0 Å². The Labute approximate surface area is 191 Å². The van der Waals surface area contributed by atoms with E-state index >= 15 is 0 Å². The maximum atomic E-state index is 14.1. The van der Waals surface area contributed by atoms with Crippen molar-refractivity contribution in [2.45, 2.75) is 111 Å². The van der Waals surface area contributed by atoms with Gasteiger partial charge in [0.25, 0.3) is 0 Å². The average molecular weight is 452 g/mol. The zero-order valence-corrected chi connectivity index (χ0v) is 19.9. The third-order valence-electron chi connectivity index (χ3n) is 4.72. The van der Waals surface area contributed by atoms with Crippen molar-refractivity contribution in [1.29, 1.82) is 0 Å². The molecule has 7 heteroatoms. The number of hydrogen-bond acceptors (Lipinski definition) is 5. The molecule has 1 heterocycles. The third kappa shape index (κ3) is 12.4. The lowest BCUT2D eigenvalue weighted by Crippen LogP contribution is -2.24. The van der Waals surface area contributed by atoms with Crippen LogP contribution in [-0.4, -0.2) is 29.5 Å². The van der Waals surface area contributed by atoms with Gasteiger partial charge in [-0.3, -0.25) is 0 Å². The second-order valence-corrected chi connectivity index (χ2v) is 8.15. The molecule has 0 aromatic carbocycles. The Morgan fingerprint density at radius 3 is 2.12 bits per heavy atom. The van der Waals surface area contributed by atoms with E-state index in [-0.39, 0.29) is 11.8 Å². The van der Waals surface area contributed by atoms with E-state index in [0.717, 1.165) is 25.3 Å². The molecule has 0 aliphatic heterocycles. The van der Waals surface area contributed by atoms with Gasteiger partial charge in [0, 0.05) is 19.4 Å². The Balaban J connectivity index is 2.30. The number of nitrogens with one attached hydrogen (secondary N) is 1. The molecule has 1 rings (SSSR count). The van der Waals surface area contributed by atoms with Crippen LogP contribution < -0.4 is 0 Å². The van der Waals surface area contributed by atoms with Crippen LogP contribution in [0.2, 0.25) is 0 Å². The van der Waals surface area contributed by atoms with Crippen LogP contribution in [0.4, 0.5) is 9.18 Å². The first-order chi connectivity index (χ1) is 15.3. The van der Waals surface area contributed by atoms with Gasteiger partial charge in [0.2, 0.25) is 6.29 Å². The van der Waals surface area contributed by atoms with Crippen LogP contribution in [0, 0.1) is 17.7 Å². The van der Waals surface area contributed by atoms with Crippen molar-refractivity contribution >= 4 is 12.1 Å².